The van der Waals surface area contributed by atoms with Crippen molar-refractivity contribution < 1.29 is 23.9 Å². The second-order valence-corrected chi connectivity index (χ2v) is 7.03. The summed E-state index contributed by atoms with van der Waals surface area (Å²) >= 11 is 0. The summed E-state index contributed by atoms with van der Waals surface area (Å²) in [5.74, 6) is 0.950. The Hall–Kier alpha value is -2.77. The zero-order valence-corrected chi connectivity index (χ0v) is 15.6. The lowest BCUT2D eigenvalue weighted by atomic mass is 10.1. The van der Waals surface area contributed by atoms with Crippen molar-refractivity contribution in [3.8, 4) is 11.5 Å². The number of carbonyl (C=O) groups excluding carboxylic acids is 3. The van der Waals surface area contributed by atoms with Gasteiger partial charge in [-0.25, -0.2) is 0 Å². The number of rotatable bonds is 7. The standard InChI is InChI=1S/C19H25N3O5/c1-12(2)21-17(23)7-8-20-19(25)14-4-6-18(24)22(14)10-13-3-5-15-16(9-13)27-11-26-15/h3,5,9,12,14H,4,6-8,10-11H2,1-2H3,(H,20,25)(H,21,23)/t14-/m0/s1. The fourth-order valence-corrected chi connectivity index (χ4v) is 3.25. The van der Waals surface area contributed by atoms with E-state index in [1.807, 2.05) is 26.0 Å². The van der Waals surface area contributed by atoms with E-state index in [4.69, 9.17) is 9.47 Å². The molecule has 2 aliphatic rings. The molecule has 1 atom stereocenters. The number of nitrogens with one attached hydrogen (secondary N) is 2. The first-order chi connectivity index (χ1) is 12.9. The Labute approximate surface area is 158 Å². The fraction of sp³-hybridized carbons (Fsp3) is 0.526. The van der Waals surface area contributed by atoms with Crippen LogP contribution in [0.25, 0.3) is 0 Å². The minimum Gasteiger partial charge on any atom is -0.454 e. The maximum Gasteiger partial charge on any atom is 0.242 e. The molecule has 3 rings (SSSR count). The summed E-state index contributed by atoms with van der Waals surface area (Å²) in [6, 6.07) is 5.05. The molecular formula is C19H25N3O5. The minimum absolute atomic E-state index is 0.0506. The minimum atomic E-state index is -0.518. The molecule has 146 valence electrons. The van der Waals surface area contributed by atoms with E-state index in [0.29, 0.717) is 30.9 Å². The number of ether oxygens (including phenoxy) is 2. The molecule has 0 saturated carbocycles. The first-order valence-corrected chi connectivity index (χ1v) is 9.19. The van der Waals surface area contributed by atoms with E-state index >= 15 is 0 Å². The van der Waals surface area contributed by atoms with Gasteiger partial charge in [0.1, 0.15) is 6.04 Å². The van der Waals surface area contributed by atoms with Crippen LogP contribution in [0.5, 0.6) is 11.5 Å². The smallest absolute Gasteiger partial charge is 0.242 e. The molecule has 0 aromatic heterocycles. The van der Waals surface area contributed by atoms with Gasteiger partial charge in [0.2, 0.25) is 24.5 Å². The quantitative estimate of drug-likeness (QED) is 0.739. The van der Waals surface area contributed by atoms with Gasteiger partial charge in [-0.2, -0.15) is 0 Å². The Morgan fingerprint density at radius 2 is 2.04 bits per heavy atom. The Balaban J connectivity index is 1.55. The summed E-state index contributed by atoms with van der Waals surface area (Å²) < 4.78 is 10.7. The van der Waals surface area contributed by atoms with Gasteiger partial charge in [0.25, 0.3) is 0 Å². The molecule has 1 aromatic rings. The van der Waals surface area contributed by atoms with Gasteiger partial charge in [-0.1, -0.05) is 6.07 Å². The second-order valence-electron chi connectivity index (χ2n) is 7.03. The third kappa shape index (κ3) is 4.69. The van der Waals surface area contributed by atoms with Crippen LogP contribution < -0.4 is 20.1 Å². The largest absolute Gasteiger partial charge is 0.454 e. The molecule has 27 heavy (non-hydrogen) atoms. The lowest BCUT2D eigenvalue weighted by Gasteiger charge is -2.24. The topological polar surface area (TPSA) is 97.0 Å². The van der Waals surface area contributed by atoms with Gasteiger partial charge >= 0.3 is 0 Å². The second kappa shape index (κ2) is 8.28. The molecule has 1 fully saturated rings. The molecular weight excluding hydrogens is 350 g/mol. The number of likely N-dealkylation sites (tertiary alicyclic amines) is 1. The van der Waals surface area contributed by atoms with Gasteiger partial charge in [-0.3, -0.25) is 14.4 Å². The van der Waals surface area contributed by atoms with Crippen LogP contribution in [0.2, 0.25) is 0 Å². The molecule has 0 aliphatic carbocycles. The number of benzene rings is 1. The lowest BCUT2D eigenvalue weighted by molar-refractivity contribution is -0.136. The summed E-state index contributed by atoms with van der Waals surface area (Å²) in [5, 5.41) is 5.55. The summed E-state index contributed by atoms with van der Waals surface area (Å²) in [6.07, 6.45) is 1.04. The number of fused-ring (bicyclic) bond motifs is 1. The van der Waals surface area contributed by atoms with Gasteiger partial charge in [0, 0.05) is 32.0 Å². The van der Waals surface area contributed by atoms with Gasteiger partial charge in [-0.05, 0) is 38.0 Å². The maximum absolute atomic E-state index is 12.5. The van der Waals surface area contributed by atoms with Crippen molar-refractivity contribution >= 4 is 17.7 Å². The van der Waals surface area contributed by atoms with Crippen molar-refractivity contribution in [1.82, 2.24) is 15.5 Å². The van der Waals surface area contributed by atoms with E-state index in [2.05, 4.69) is 10.6 Å². The first-order valence-electron chi connectivity index (χ1n) is 9.19. The molecule has 0 radical (unpaired) electrons. The fourth-order valence-electron chi connectivity index (χ4n) is 3.25. The van der Waals surface area contributed by atoms with Crippen LogP contribution in [0.3, 0.4) is 0 Å². The van der Waals surface area contributed by atoms with Crippen LogP contribution in [0.1, 0.15) is 38.7 Å². The van der Waals surface area contributed by atoms with Crippen LogP contribution in [0.4, 0.5) is 0 Å². The summed E-state index contributed by atoms with van der Waals surface area (Å²) in [5.41, 5.74) is 0.878. The van der Waals surface area contributed by atoms with Crippen LogP contribution >= 0.6 is 0 Å². The molecule has 8 nitrogen and oxygen atoms in total. The Morgan fingerprint density at radius 1 is 1.26 bits per heavy atom. The van der Waals surface area contributed by atoms with Crippen molar-refractivity contribution in [3.63, 3.8) is 0 Å². The molecule has 2 N–H and O–H groups in total. The van der Waals surface area contributed by atoms with Crippen molar-refractivity contribution in [2.24, 2.45) is 0 Å². The number of hydrogen-bond donors (Lipinski definition) is 2. The number of amides is 3. The van der Waals surface area contributed by atoms with E-state index in [-0.39, 0.29) is 43.5 Å². The predicted molar refractivity (Wildman–Crippen MR) is 97.0 cm³/mol. The maximum atomic E-state index is 12.5. The van der Waals surface area contributed by atoms with E-state index in [1.165, 1.54) is 0 Å². The molecule has 0 spiro atoms. The number of carbonyl (C=O) groups is 3. The van der Waals surface area contributed by atoms with E-state index in [1.54, 1.807) is 11.0 Å². The third-order valence-electron chi connectivity index (χ3n) is 4.52. The van der Waals surface area contributed by atoms with Crippen LogP contribution in [0.15, 0.2) is 18.2 Å². The van der Waals surface area contributed by atoms with Gasteiger partial charge in [-0.15, -0.1) is 0 Å². The Morgan fingerprint density at radius 3 is 2.81 bits per heavy atom. The third-order valence-corrected chi connectivity index (χ3v) is 4.52. The van der Waals surface area contributed by atoms with E-state index in [0.717, 1.165) is 5.56 Å². The van der Waals surface area contributed by atoms with E-state index < -0.39 is 6.04 Å². The van der Waals surface area contributed by atoms with Crippen molar-refractivity contribution in [1.29, 1.82) is 0 Å². The number of hydrogen-bond acceptors (Lipinski definition) is 5. The van der Waals surface area contributed by atoms with Gasteiger partial charge in [0.15, 0.2) is 11.5 Å². The summed E-state index contributed by atoms with van der Waals surface area (Å²) in [7, 11) is 0. The molecule has 3 amide bonds. The van der Waals surface area contributed by atoms with Crippen molar-refractivity contribution in [2.45, 2.75) is 51.7 Å². The highest BCUT2D eigenvalue weighted by Crippen LogP contribution is 2.33. The average Bonchev–Trinajstić information content (AvgIpc) is 3.21. The van der Waals surface area contributed by atoms with Crippen LogP contribution in [0, 0.1) is 0 Å². The molecule has 0 unspecified atom stereocenters. The Kier molecular flexibility index (Phi) is 5.83. The molecule has 0 bridgehead atoms. The highest BCUT2D eigenvalue weighted by molar-refractivity contribution is 5.91. The summed E-state index contributed by atoms with van der Waals surface area (Å²) in [6.45, 7) is 4.54. The van der Waals surface area contributed by atoms with Gasteiger partial charge in [0.05, 0.1) is 0 Å². The molecule has 1 aromatic carbocycles. The van der Waals surface area contributed by atoms with Crippen molar-refractivity contribution in [3.05, 3.63) is 23.8 Å². The lowest BCUT2D eigenvalue weighted by Crippen LogP contribution is -2.45. The zero-order chi connectivity index (χ0) is 19.4. The van der Waals surface area contributed by atoms with Gasteiger partial charge < -0.3 is 25.0 Å². The normalized spacial score (nSPS) is 18.1. The van der Waals surface area contributed by atoms with Crippen LogP contribution in [-0.2, 0) is 20.9 Å². The number of nitrogens with zero attached hydrogens (tertiary/aromatic N) is 1. The highest BCUT2D eigenvalue weighted by atomic mass is 16.7. The summed E-state index contributed by atoms with van der Waals surface area (Å²) in [4.78, 5) is 38.0. The molecule has 2 heterocycles. The average molecular weight is 375 g/mol. The molecule has 8 heteroatoms. The highest BCUT2D eigenvalue weighted by Gasteiger charge is 2.36. The Bertz CT molecular complexity index is 734. The van der Waals surface area contributed by atoms with E-state index in [9.17, 15) is 14.4 Å². The monoisotopic (exact) mass is 375 g/mol. The SMILES string of the molecule is CC(C)NC(=O)CCNC(=O)[C@@H]1CCC(=O)N1Cc1ccc2c(c1)OCO2. The molecule has 1 saturated heterocycles. The zero-order valence-electron chi connectivity index (χ0n) is 15.6. The molecule has 2 aliphatic heterocycles. The van der Waals surface area contributed by atoms with Crippen LogP contribution in [-0.4, -0.2) is 48.0 Å². The van der Waals surface area contributed by atoms with Crippen molar-refractivity contribution in [2.75, 3.05) is 13.3 Å². The first kappa shape index (κ1) is 19.0. The predicted octanol–water partition coefficient (Wildman–Crippen LogP) is 0.937.